The van der Waals surface area contributed by atoms with E-state index >= 15 is 0 Å². The molecule has 478 valence electrons. The lowest BCUT2D eigenvalue weighted by Gasteiger charge is -2.31. The van der Waals surface area contributed by atoms with E-state index < -0.39 is 170 Å². The van der Waals surface area contributed by atoms with E-state index in [1.165, 1.54) is 18.7 Å². The van der Waals surface area contributed by atoms with Gasteiger partial charge >= 0.3 is 24.1 Å². The van der Waals surface area contributed by atoms with E-state index in [0.29, 0.717) is 31.4 Å². The number of nitrogens with zero attached hydrogens (tertiary/aromatic N) is 1. The summed E-state index contributed by atoms with van der Waals surface area (Å²) in [6.07, 6.45) is -7.22. The molecule has 2 rings (SSSR count). The maximum Gasteiger partial charge on any atom is 0.490 e. The molecule has 18 N–H and O–H groups in total. The minimum atomic E-state index is -5.08. The van der Waals surface area contributed by atoms with E-state index in [-0.39, 0.29) is 50.5 Å². The molecule has 0 unspecified atom stereocenters. The van der Waals surface area contributed by atoms with E-state index in [1.807, 2.05) is 0 Å². The van der Waals surface area contributed by atoms with Crippen molar-refractivity contribution in [2.45, 2.75) is 166 Å². The van der Waals surface area contributed by atoms with Crippen LogP contribution in [0.3, 0.4) is 0 Å². The zero-order valence-electron chi connectivity index (χ0n) is 48.0. The summed E-state index contributed by atoms with van der Waals surface area (Å²) in [5.41, 5.74) is 11.7. The smallest absolute Gasteiger partial charge is 0.481 e. The van der Waals surface area contributed by atoms with Crippen LogP contribution >= 0.6 is 0 Å². The van der Waals surface area contributed by atoms with Gasteiger partial charge in [-0.25, -0.2) is 9.59 Å². The summed E-state index contributed by atoms with van der Waals surface area (Å²) in [6.45, 7) is 7.85. The van der Waals surface area contributed by atoms with Gasteiger partial charge in [0.05, 0.1) is 44.3 Å². The second-order valence-electron chi connectivity index (χ2n) is 20.8. The highest BCUT2D eigenvalue weighted by Crippen LogP contribution is 2.22. The number of nitrogens with one attached hydrogen (secondary N) is 9. The number of carbonyl (C=O) groups excluding carboxylic acids is 10. The van der Waals surface area contributed by atoms with Gasteiger partial charge in [0.1, 0.15) is 42.3 Å². The van der Waals surface area contributed by atoms with Crippen molar-refractivity contribution < 1.29 is 101 Å². The average molecular weight is 1220 g/mol. The van der Waals surface area contributed by atoms with E-state index in [9.17, 15) is 86.0 Å². The largest absolute Gasteiger partial charge is 0.490 e. The number of hydrogen-bond acceptors (Lipinski definition) is 17. The van der Waals surface area contributed by atoms with Gasteiger partial charge in [-0.15, -0.1) is 0 Å². The van der Waals surface area contributed by atoms with Crippen molar-refractivity contribution in [1.29, 1.82) is 0 Å². The second kappa shape index (κ2) is 37.3. The van der Waals surface area contributed by atoms with Crippen LogP contribution in [0.1, 0.15) is 98.5 Å². The van der Waals surface area contributed by atoms with Gasteiger partial charge in [0.15, 0.2) is 0 Å². The van der Waals surface area contributed by atoms with E-state index in [1.54, 1.807) is 58.0 Å². The lowest BCUT2D eigenvalue weighted by molar-refractivity contribution is -0.192. The third-order valence-electron chi connectivity index (χ3n) is 12.4. The number of carbonyl (C=O) groups is 13. The average Bonchev–Trinajstić information content (AvgIpc) is 3.44. The maximum atomic E-state index is 14.0. The summed E-state index contributed by atoms with van der Waals surface area (Å²) in [5.74, 6) is -14.4. The Hall–Kier alpha value is -8.04. The third kappa shape index (κ3) is 28.9. The molecule has 10 atom stereocenters. The minimum Gasteiger partial charge on any atom is -0.481 e. The molecule has 1 aliphatic heterocycles. The summed E-state index contributed by atoms with van der Waals surface area (Å²) >= 11 is 0. The fourth-order valence-corrected chi connectivity index (χ4v) is 8.12. The zero-order valence-corrected chi connectivity index (χ0v) is 48.0. The molecule has 1 aromatic rings. The SMILES string of the molecule is CC(C)C[C@H](NC(=O)[C@@H]1CCCN1C(=O)[C@H](CC(C)C)NC(=O)[C@@H](N)CC(=O)O)C(=O)N[C@H](C(=O)N[C@@H](Cc1ccccc1)C(=O)NCC(=O)NCC(=O)NCC(=O)N[C@H](C(=O)N[C@@H](CCCCN)C(=O)O)[C@@H](C)O)[C@@H](C)O.O=C(O)C(F)(F)F. The number of carboxylic acid groups (broad SMARTS) is 3. The molecule has 0 aromatic heterocycles. The molecular weight excluding hydrogens is 1140 g/mol. The van der Waals surface area contributed by atoms with Crippen LogP contribution in [0.2, 0.25) is 0 Å². The monoisotopic (exact) mass is 1220 g/mol. The Morgan fingerprint density at radius 1 is 0.612 bits per heavy atom. The molecule has 1 heterocycles. The van der Waals surface area contributed by atoms with Crippen molar-refractivity contribution in [3.05, 3.63) is 35.9 Å². The van der Waals surface area contributed by atoms with Crippen LogP contribution in [0.5, 0.6) is 0 Å². The van der Waals surface area contributed by atoms with Crippen LogP contribution in [0.4, 0.5) is 13.2 Å². The molecule has 0 aliphatic carbocycles. The molecule has 1 aromatic carbocycles. The first kappa shape index (κ1) is 75.0. The Morgan fingerprint density at radius 3 is 1.60 bits per heavy atom. The van der Waals surface area contributed by atoms with Crippen LogP contribution in [-0.2, 0) is 68.7 Å². The molecule has 33 heteroatoms. The third-order valence-corrected chi connectivity index (χ3v) is 12.4. The topological polar surface area (TPSA) is 487 Å². The number of unbranched alkanes of at least 4 members (excludes halogenated alkanes) is 1. The van der Waals surface area contributed by atoms with Gasteiger partial charge in [0.25, 0.3) is 0 Å². The fourth-order valence-electron chi connectivity index (χ4n) is 8.12. The number of rotatable bonds is 34. The molecular formula is C52H81F3N12O18. The molecule has 0 saturated carbocycles. The Bertz CT molecular complexity index is 2450. The molecule has 1 aliphatic rings. The molecule has 10 amide bonds. The molecule has 30 nitrogen and oxygen atoms in total. The van der Waals surface area contributed by atoms with Crippen molar-refractivity contribution in [1.82, 2.24) is 52.8 Å². The first-order valence-electron chi connectivity index (χ1n) is 27.1. The first-order chi connectivity index (χ1) is 39.6. The van der Waals surface area contributed by atoms with Crippen LogP contribution < -0.4 is 59.3 Å². The highest BCUT2D eigenvalue weighted by Gasteiger charge is 2.41. The predicted molar refractivity (Wildman–Crippen MR) is 292 cm³/mol. The number of likely N-dealkylation sites (tertiary alicyclic amines) is 1. The predicted octanol–water partition coefficient (Wildman–Crippen LogP) is -4.02. The van der Waals surface area contributed by atoms with Gasteiger partial charge in [-0.3, -0.25) is 52.7 Å². The number of hydrogen-bond donors (Lipinski definition) is 16. The summed E-state index contributed by atoms with van der Waals surface area (Å²) in [4.78, 5) is 166. The Morgan fingerprint density at radius 2 is 1.11 bits per heavy atom. The van der Waals surface area contributed by atoms with Crippen molar-refractivity contribution in [3.63, 3.8) is 0 Å². The first-order valence-corrected chi connectivity index (χ1v) is 27.1. The molecule has 85 heavy (non-hydrogen) atoms. The number of nitrogens with two attached hydrogens (primary N) is 2. The number of amides is 10. The van der Waals surface area contributed by atoms with E-state index in [4.69, 9.17) is 26.5 Å². The van der Waals surface area contributed by atoms with Crippen molar-refractivity contribution in [3.8, 4) is 0 Å². The summed E-state index contributed by atoms with van der Waals surface area (Å²) < 4.78 is 31.7. The van der Waals surface area contributed by atoms with Crippen molar-refractivity contribution >= 4 is 77.0 Å². The maximum absolute atomic E-state index is 14.0. The lowest BCUT2D eigenvalue weighted by atomic mass is 10.00. The lowest BCUT2D eigenvalue weighted by Crippen LogP contribution is -2.61. The summed E-state index contributed by atoms with van der Waals surface area (Å²) in [5, 5.41) is 68.1. The number of aliphatic hydroxyl groups excluding tert-OH is 2. The standard InChI is InChI=1S/C50H80N12O16.C2HF3O2/c1-26(2)19-33(57-46(73)36-16-12-18-62(36)49(76)35(20-27(3)4)59-43(70)31(52)22-40(68)69)45(72)61-42(29(6)64)48(75)58-34(21-30-13-8-7-9-14-30)44(71)55-24-38(66)53-23-37(65)54-25-39(67)60-41(28(5)63)47(74)56-32(50(77)78)15-10-11-17-51;3-2(4,5)1(6)7/h7-9,13-14,26-29,31-36,41-42,63-64H,10-12,15-25,51-52H2,1-6H3,(H,53,66)(H,54,65)(H,55,71)(H,56,74)(H,57,73)(H,58,75)(H,59,70)(H,60,67)(H,61,72)(H,68,69)(H,77,78);(H,6,7)/t28-,29-,31+,32+,33+,34+,35+,36+,41+,42+;/m1./s1. The van der Waals surface area contributed by atoms with Crippen molar-refractivity contribution in [2.75, 3.05) is 32.7 Å². The van der Waals surface area contributed by atoms with Crippen LogP contribution in [-0.4, -0.2) is 207 Å². The number of alkyl halides is 3. The molecule has 1 saturated heterocycles. The molecule has 0 radical (unpaired) electrons. The summed E-state index contributed by atoms with van der Waals surface area (Å²) in [6, 6.07) is -2.62. The zero-order chi connectivity index (χ0) is 64.9. The highest BCUT2D eigenvalue weighted by molar-refractivity contribution is 5.98. The highest BCUT2D eigenvalue weighted by atomic mass is 19.4. The Balaban J connectivity index is 0.00000483. The minimum absolute atomic E-state index is 0.0388. The van der Waals surface area contributed by atoms with Crippen LogP contribution in [0.25, 0.3) is 0 Å². The van der Waals surface area contributed by atoms with Gasteiger partial charge in [0.2, 0.25) is 59.1 Å². The van der Waals surface area contributed by atoms with Gasteiger partial charge in [-0.05, 0) is 82.7 Å². The Kier molecular flexibility index (Phi) is 32.9. The normalized spacial score (nSPS) is 16.1. The Labute approximate surface area is 487 Å². The molecule has 1 fully saturated rings. The van der Waals surface area contributed by atoms with Gasteiger partial charge in [-0.2, -0.15) is 13.2 Å². The fraction of sp³-hybridized carbons (Fsp3) is 0.635. The molecule has 0 spiro atoms. The van der Waals surface area contributed by atoms with E-state index in [0.717, 1.165) is 0 Å². The molecule has 0 bridgehead atoms. The number of aliphatic hydroxyl groups is 2. The second-order valence-corrected chi connectivity index (χ2v) is 20.8. The van der Waals surface area contributed by atoms with Gasteiger partial charge in [0, 0.05) is 13.0 Å². The van der Waals surface area contributed by atoms with Gasteiger partial charge in [-0.1, -0.05) is 58.0 Å². The number of carboxylic acids is 3. The number of benzene rings is 1. The number of aliphatic carboxylic acids is 3. The quantitative estimate of drug-likeness (QED) is 0.0292. The summed E-state index contributed by atoms with van der Waals surface area (Å²) in [7, 11) is 0. The van der Waals surface area contributed by atoms with E-state index in [2.05, 4.69) is 47.9 Å². The van der Waals surface area contributed by atoms with Crippen molar-refractivity contribution in [2.24, 2.45) is 23.3 Å². The van der Waals surface area contributed by atoms with Crippen LogP contribution in [0, 0.1) is 11.8 Å². The van der Waals surface area contributed by atoms with Gasteiger partial charge < -0.3 is 89.8 Å². The van der Waals surface area contributed by atoms with Crippen LogP contribution in [0.15, 0.2) is 30.3 Å². The number of halogens is 3.